The Morgan fingerprint density at radius 2 is 1.97 bits per heavy atom. The van der Waals surface area contributed by atoms with Gasteiger partial charge in [0, 0.05) is 29.4 Å². The molecule has 4 nitrogen and oxygen atoms in total. The van der Waals surface area contributed by atoms with E-state index in [0.29, 0.717) is 12.4 Å². The Bertz CT molecular complexity index is 1110. The molecule has 2 aromatic carbocycles. The predicted molar refractivity (Wildman–Crippen MR) is 123 cm³/mol. The molecule has 160 valence electrons. The summed E-state index contributed by atoms with van der Waals surface area (Å²) in [4.78, 5) is 5.13. The third-order valence-corrected chi connectivity index (χ3v) is 6.02. The molecule has 2 aromatic heterocycles. The van der Waals surface area contributed by atoms with Crippen molar-refractivity contribution >= 4 is 22.7 Å². The van der Waals surface area contributed by atoms with E-state index in [9.17, 15) is 4.39 Å². The molecule has 0 unspecified atom stereocenters. The van der Waals surface area contributed by atoms with Gasteiger partial charge in [-0.2, -0.15) is 0 Å². The highest BCUT2D eigenvalue weighted by Crippen LogP contribution is 2.36. The van der Waals surface area contributed by atoms with Crippen molar-refractivity contribution in [1.82, 2.24) is 10.3 Å². The maximum atomic E-state index is 13.1. The van der Waals surface area contributed by atoms with Gasteiger partial charge in [0.25, 0.3) is 0 Å². The number of thioether (sulfide) groups is 1. The summed E-state index contributed by atoms with van der Waals surface area (Å²) in [6.07, 6.45) is 4.56. The van der Waals surface area contributed by atoms with Crippen LogP contribution in [0.1, 0.15) is 23.3 Å². The quantitative estimate of drug-likeness (QED) is 0.239. The van der Waals surface area contributed by atoms with E-state index in [-0.39, 0.29) is 5.82 Å². The van der Waals surface area contributed by atoms with Crippen LogP contribution in [0.4, 0.5) is 4.39 Å². The Labute approximate surface area is 185 Å². The second-order valence-corrected chi connectivity index (χ2v) is 8.31. The SMILES string of the molecule is Cc1c(CSc2ccc(F)cc2)oc2cccc(OCCCNCc3cccnc3)c12. The van der Waals surface area contributed by atoms with Crippen molar-refractivity contribution in [2.24, 2.45) is 0 Å². The van der Waals surface area contributed by atoms with E-state index < -0.39 is 0 Å². The molecule has 1 N–H and O–H groups in total. The van der Waals surface area contributed by atoms with Crippen molar-refractivity contribution in [1.29, 1.82) is 0 Å². The zero-order chi connectivity index (χ0) is 21.5. The molecule has 2 heterocycles. The van der Waals surface area contributed by atoms with Gasteiger partial charge in [-0.05, 0) is 67.9 Å². The van der Waals surface area contributed by atoms with E-state index in [1.54, 1.807) is 30.1 Å². The zero-order valence-corrected chi connectivity index (χ0v) is 18.3. The molecule has 0 bridgehead atoms. The van der Waals surface area contributed by atoms with Gasteiger partial charge in [0.15, 0.2) is 0 Å². The van der Waals surface area contributed by atoms with E-state index in [1.807, 2.05) is 30.5 Å². The standard InChI is InChI=1S/C25H25FN2O2S/c1-18-24(17-31-21-10-8-20(26)9-11-21)30-23-7-2-6-22(25(18)23)29-14-4-13-28-16-19-5-3-12-27-15-19/h2-3,5-12,15,28H,4,13-14,16-17H2,1H3. The molecule has 0 saturated heterocycles. The maximum Gasteiger partial charge on any atom is 0.138 e. The van der Waals surface area contributed by atoms with Gasteiger partial charge in [-0.3, -0.25) is 4.98 Å². The van der Waals surface area contributed by atoms with Gasteiger partial charge in [0.05, 0.1) is 17.7 Å². The lowest BCUT2D eigenvalue weighted by Crippen LogP contribution is -2.17. The molecule has 0 atom stereocenters. The topological polar surface area (TPSA) is 47.3 Å². The van der Waals surface area contributed by atoms with E-state index in [2.05, 4.69) is 23.3 Å². The van der Waals surface area contributed by atoms with E-state index in [1.165, 1.54) is 17.7 Å². The molecular formula is C25H25FN2O2S. The summed E-state index contributed by atoms with van der Waals surface area (Å²) in [6.45, 7) is 4.37. The molecular weight excluding hydrogens is 411 g/mol. The number of nitrogens with zero attached hydrogens (tertiary/aromatic N) is 1. The first kappa shape index (κ1) is 21.4. The number of fused-ring (bicyclic) bond motifs is 1. The van der Waals surface area contributed by atoms with Crippen molar-refractivity contribution in [3.8, 4) is 5.75 Å². The van der Waals surface area contributed by atoms with E-state index >= 15 is 0 Å². The number of aryl methyl sites for hydroxylation is 1. The fourth-order valence-electron chi connectivity index (χ4n) is 3.37. The van der Waals surface area contributed by atoms with Crippen LogP contribution in [0.3, 0.4) is 0 Å². The molecule has 0 aliphatic rings. The van der Waals surface area contributed by atoms with Crippen molar-refractivity contribution in [2.75, 3.05) is 13.2 Å². The number of aromatic nitrogens is 1. The number of pyridine rings is 1. The lowest BCUT2D eigenvalue weighted by Gasteiger charge is -2.08. The van der Waals surface area contributed by atoms with Crippen LogP contribution in [0.25, 0.3) is 11.0 Å². The van der Waals surface area contributed by atoms with Gasteiger partial charge in [-0.15, -0.1) is 11.8 Å². The van der Waals surface area contributed by atoms with Crippen molar-refractivity contribution in [2.45, 2.75) is 30.5 Å². The highest BCUT2D eigenvalue weighted by atomic mass is 32.2. The highest BCUT2D eigenvalue weighted by molar-refractivity contribution is 7.98. The van der Waals surface area contributed by atoms with Crippen LogP contribution in [0.2, 0.25) is 0 Å². The van der Waals surface area contributed by atoms with Crippen LogP contribution in [-0.4, -0.2) is 18.1 Å². The van der Waals surface area contributed by atoms with Crippen molar-refractivity contribution < 1.29 is 13.5 Å². The number of furan rings is 1. The largest absolute Gasteiger partial charge is 0.493 e. The Kier molecular flexibility index (Phi) is 7.22. The molecule has 0 aliphatic carbocycles. The lowest BCUT2D eigenvalue weighted by atomic mass is 10.1. The Hall–Kier alpha value is -2.83. The molecule has 0 amide bonds. The second-order valence-electron chi connectivity index (χ2n) is 7.26. The number of halogens is 1. The summed E-state index contributed by atoms with van der Waals surface area (Å²) in [5.74, 6) is 2.23. The van der Waals surface area contributed by atoms with Crippen LogP contribution in [0.15, 0.2) is 76.3 Å². The first-order valence-electron chi connectivity index (χ1n) is 10.3. The van der Waals surface area contributed by atoms with Crippen molar-refractivity contribution in [3.05, 3.63) is 89.7 Å². The van der Waals surface area contributed by atoms with Crippen LogP contribution in [-0.2, 0) is 12.3 Å². The average molecular weight is 437 g/mol. The molecule has 6 heteroatoms. The van der Waals surface area contributed by atoms with Gasteiger partial charge in [0.1, 0.15) is 22.9 Å². The summed E-state index contributed by atoms with van der Waals surface area (Å²) in [5, 5.41) is 4.44. The lowest BCUT2D eigenvalue weighted by molar-refractivity contribution is 0.311. The predicted octanol–water partition coefficient (Wildman–Crippen LogP) is 6.13. The third-order valence-electron chi connectivity index (χ3n) is 5.01. The van der Waals surface area contributed by atoms with Crippen LogP contribution < -0.4 is 10.1 Å². The van der Waals surface area contributed by atoms with Crippen LogP contribution in [0.5, 0.6) is 5.75 Å². The fourth-order valence-corrected chi connectivity index (χ4v) is 4.27. The van der Waals surface area contributed by atoms with E-state index in [0.717, 1.165) is 52.4 Å². The van der Waals surface area contributed by atoms with Crippen LogP contribution in [0, 0.1) is 12.7 Å². The molecule has 4 rings (SSSR count). The number of hydrogen-bond donors (Lipinski definition) is 1. The Morgan fingerprint density at radius 1 is 1.10 bits per heavy atom. The molecule has 0 aliphatic heterocycles. The van der Waals surface area contributed by atoms with Crippen molar-refractivity contribution in [3.63, 3.8) is 0 Å². The van der Waals surface area contributed by atoms with Gasteiger partial charge in [-0.1, -0.05) is 12.1 Å². The summed E-state index contributed by atoms with van der Waals surface area (Å²) in [5.41, 5.74) is 3.10. The summed E-state index contributed by atoms with van der Waals surface area (Å²) >= 11 is 1.63. The van der Waals surface area contributed by atoms with Gasteiger partial charge >= 0.3 is 0 Å². The van der Waals surface area contributed by atoms with Crippen LogP contribution >= 0.6 is 11.8 Å². The zero-order valence-electron chi connectivity index (χ0n) is 17.4. The minimum absolute atomic E-state index is 0.224. The summed E-state index contributed by atoms with van der Waals surface area (Å²) in [6, 6.07) is 16.4. The fraction of sp³-hybridized carbons (Fsp3) is 0.240. The van der Waals surface area contributed by atoms with E-state index in [4.69, 9.17) is 9.15 Å². The molecule has 0 fully saturated rings. The minimum atomic E-state index is -0.224. The second kappa shape index (κ2) is 10.5. The van der Waals surface area contributed by atoms with Gasteiger partial charge in [-0.25, -0.2) is 4.39 Å². The summed E-state index contributed by atoms with van der Waals surface area (Å²) < 4.78 is 25.3. The first-order chi connectivity index (χ1) is 15.2. The Balaban J connectivity index is 1.32. The molecule has 4 aromatic rings. The number of nitrogens with one attached hydrogen (secondary N) is 1. The first-order valence-corrected chi connectivity index (χ1v) is 11.3. The molecule has 0 spiro atoms. The smallest absolute Gasteiger partial charge is 0.138 e. The third kappa shape index (κ3) is 5.66. The number of hydrogen-bond acceptors (Lipinski definition) is 5. The highest BCUT2D eigenvalue weighted by Gasteiger charge is 2.15. The normalized spacial score (nSPS) is 11.2. The monoisotopic (exact) mass is 436 g/mol. The Morgan fingerprint density at radius 3 is 2.77 bits per heavy atom. The summed E-state index contributed by atoms with van der Waals surface area (Å²) in [7, 11) is 0. The number of ether oxygens (including phenoxy) is 1. The van der Waals surface area contributed by atoms with Gasteiger partial charge in [0.2, 0.25) is 0 Å². The van der Waals surface area contributed by atoms with Gasteiger partial charge < -0.3 is 14.5 Å². The average Bonchev–Trinajstić information content (AvgIpc) is 3.13. The molecule has 0 saturated carbocycles. The maximum absolute atomic E-state index is 13.1. The molecule has 31 heavy (non-hydrogen) atoms. The molecule has 0 radical (unpaired) electrons. The number of benzene rings is 2. The minimum Gasteiger partial charge on any atom is -0.493 e. The number of rotatable bonds is 10.